The molecule has 0 radical (unpaired) electrons. The number of rotatable bonds is 10. The second-order valence-electron chi connectivity index (χ2n) is 4.79. The van der Waals surface area contributed by atoms with E-state index in [2.05, 4.69) is 5.32 Å². The highest BCUT2D eigenvalue weighted by atomic mass is 16.4. The molecule has 0 aliphatic heterocycles. The lowest BCUT2D eigenvalue weighted by molar-refractivity contribution is -0.144. The Morgan fingerprint density at radius 3 is 1.91 bits per heavy atom. The van der Waals surface area contributed by atoms with Crippen LogP contribution in [0.5, 0.6) is 0 Å². The van der Waals surface area contributed by atoms with Crippen LogP contribution in [0.25, 0.3) is 0 Å². The number of hydrogen-bond donors (Lipinski definition) is 8. The first-order chi connectivity index (χ1) is 10.2. The maximum absolute atomic E-state index is 11.4. The molecule has 0 fully saturated rings. The van der Waals surface area contributed by atoms with Crippen LogP contribution in [0.2, 0.25) is 0 Å². The number of carbonyl (C=O) groups excluding carboxylic acids is 2. The summed E-state index contributed by atoms with van der Waals surface area (Å²) in [6, 6.07) is -1.70. The summed E-state index contributed by atoms with van der Waals surface area (Å²) >= 11 is 0. The molecule has 0 aromatic heterocycles. The maximum atomic E-state index is 11.4. The molecule has 0 bridgehead atoms. The van der Waals surface area contributed by atoms with E-state index in [0.29, 0.717) is 0 Å². The van der Waals surface area contributed by atoms with E-state index in [1.807, 2.05) is 0 Å². The molecule has 0 aromatic rings. The summed E-state index contributed by atoms with van der Waals surface area (Å²) in [5.41, 5.74) is 0. The predicted octanol–water partition coefficient (Wildman–Crippen LogP) is -4.76. The number of hydrogen-bond acceptors (Lipinski definition) is 9. The molecule has 10 heteroatoms. The van der Waals surface area contributed by atoms with Crippen LogP contribution < -0.4 is 5.32 Å². The molecule has 10 nitrogen and oxygen atoms in total. The second kappa shape index (κ2) is 9.79. The van der Waals surface area contributed by atoms with Gasteiger partial charge in [0.25, 0.3) is 0 Å². The molecule has 0 saturated carbocycles. The van der Waals surface area contributed by atoms with Crippen molar-refractivity contribution < 1.29 is 45.3 Å². The summed E-state index contributed by atoms with van der Waals surface area (Å²) in [5, 5.41) is 68.4. The average Bonchev–Trinajstić information content (AvgIpc) is 2.54. The van der Waals surface area contributed by atoms with E-state index in [-0.39, 0.29) is 12.7 Å². The van der Waals surface area contributed by atoms with Crippen LogP contribution in [0, 0.1) is 0 Å². The van der Waals surface area contributed by atoms with E-state index < -0.39 is 55.2 Å². The molecule has 0 saturated heterocycles. The van der Waals surface area contributed by atoms with Crippen LogP contribution in [-0.4, -0.2) is 97.2 Å². The Bertz CT molecular complexity index is 353. The molecule has 8 N–H and O–H groups in total. The normalized spacial score (nSPS) is 21.1. The molecular formula is C12H23NO9. The molecule has 7 unspecified atom stereocenters. The highest BCUT2D eigenvalue weighted by Gasteiger charge is 2.40. The first-order valence-corrected chi connectivity index (χ1v) is 6.65. The molecule has 130 valence electrons. The zero-order valence-electron chi connectivity index (χ0n) is 12.0. The Balaban J connectivity index is 5.25. The highest BCUT2D eigenvalue weighted by Crippen LogP contribution is 2.13. The van der Waals surface area contributed by atoms with Crippen LogP contribution in [0.15, 0.2) is 0 Å². The van der Waals surface area contributed by atoms with Crippen molar-refractivity contribution in [3.05, 3.63) is 0 Å². The number of aliphatic hydroxyl groups is 7. The van der Waals surface area contributed by atoms with Gasteiger partial charge in [-0.3, -0.25) is 4.79 Å². The van der Waals surface area contributed by atoms with Gasteiger partial charge in [-0.1, -0.05) is 6.92 Å². The first kappa shape index (κ1) is 20.9. The third-order valence-corrected chi connectivity index (χ3v) is 3.16. The summed E-state index contributed by atoms with van der Waals surface area (Å²) in [6.07, 6.45) is -11.9. The van der Waals surface area contributed by atoms with Gasteiger partial charge in [0.1, 0.15) is 36.6 Å². The van der Waals surface area contributed by atoms with Crippen molar-refractivity contribution in [2.75, 3.05) is 6.61 Å². The molecule has 0 aliphatic carbocycles. The van der Waals surface area contributed by atoms with E-state index >= 15 is 0 Å². The van der Waals surface area contributed by atoms with E-state index in [1.54, 1.807) is 0 Å². The Morgan fingerprint density at radius 1 is 1.00 bits per heavy atom. The predicted molar refractivity (Wildman–Crippen MR) is 71.4 cm³/mol. The molecule has 0 heterocycles. The average molecular weight is 325 g/mol. The van der Waals surface area contributed by atoms with Crippen molar-refractivity contribution in [1.29, 1.82) is 0 Å². The topological polar surface area (TPSA) is 188 Å². The Kier molecular flexibility index (Phi) is 9.28. The van der Waals surface area contributed by atoms with Gasteiger partial charge in [0.2, 0.25) is 5.91 Å². The highest BCUT2D eigenvalue weighted by molar-refractivity contribution is 5.76. The van der Waals surface area contributed by atoms with Gasteiger partial charge in [0.15, 0.2) is 6.29 Å². The lowest BCUT2D eigenvalue weighted by Crippen LogP contribution is -2.61. The van der Waals surface area contributed by atoms with Crippen LogP contribution in [0.3, 0.4) is 0 Å². The van der Waals surface area contributed by atoms with Crippen molar-refractivity contribution in [2.24, 2.45) is 0 Å². The monoisotopic (exact) mass is 325 g/mol. The van der Waals surface area contributed by atoms with Gasteiger partial charge in [-0.05, 0) is 0 Å². The fourth-order valence-electron chi connectivity index (χ4n) is 1.70. The lowest BCUT2D eigenvalue weighted by atomic mass is 9.92. The number of amides is 1. The van der Waals surface area contributed by atoms with Gasteiger partial charge < -0.3 is 45.9 Å². The smallest absolute Gasteiger partial charge is 0.220 e. The summed E-state index contributed by atoms with van der Waals surface area (Å²) < 4.78 is 0. The summed E-state index contributed by atoms with van der Waals surface area (Å²) in [6.45, 7) is 0.559. The summed E-state index contributed by atoms with van der Waals surface area (Å²) in [5.74, 6) is -0.665. The Morgan fingerprint density at radius 2 is 1.50 bits per heavy atom. The quantitative estimate of drug-likeness (QED) is 0.182. The van der Waals surface area contributed by atoms with Gasteiger partial charge in [0, 0.05) is 6.42 Å². The van der Waals surface area contributed by atoms with Gasteiger partial charge in [-0.25, -0.2) is 0 Å². The van der Waals surface area contributed by atoms with Crippen LogP contribution in [-0.2, 0) is 9.59 Å². The maximum Gasteiger partial charge on any atom is 0.220 e. The van der Waals surface area contributed by atoms with Crippen molar-refractivity contribution in [3.8, 4) is 0 Å². The molecule has 1 amide bonds. The first-order valence-electron chi connectivity index (χ1n) is 6.65. The van der Waals surface area contributed by atoms with E-state index in [1.165, 1.54) is 6.92 Å². The fourth-order valence-corrected chi connectivity index (χ4v) is 1.70. The van der Waals surface area contributed by atoms with Gasteiger partial charge in [-0.2, -0.15) is 0 Å². The van der Waals surface area contributed by atoms with Crippen molar-refractivity contribution in [3.63, 3.8) is 0 Å². The Hall–Kier alpha value is -1.14. The minimum absolute atomic E-state index is 0.0546. The van der Waals surface area contributed by atoms with E-state index in [9.17, 15) is 40.2 Å². The van der Waals surface area contributed by atoms with Crippen LogP contribution >= 0.6 is 0 Å². The second-order valence-corrected chi connectivity index (χ2v) is 4.79. The standard InChI is InChI=1S/C12H23NO9/c1-2-7(18)13-8(11(21)9(19)5(16)3-14)12(22)10(20)6(17)4-15/h3,5-6,8-12,15-17,19-22H,2,4H2,1H3,(H,13,18). The van der Waals surface area contributed by atoms with E-state index in [0.717, 1.165) is 0 Å². The van der Waals surface area contributed by atoms with Gasteiger partial charge in [0.05, 0.1) is 12.6 Å². The summed E-state index contributed by atoms with van der Waals surface area (Å²) in [7, 11) is 0. The van der Waals surface area contributed by atoms with Crippen molar-refractivity contribution in [1.82, 2.24) is 5.32 Å². The number of aliphatic hydroxyl groups excluding tert-OH is 7. The van der Waals surface area contributed by atoms with Crippen LogP contribution in [0.4, 0.5) is 0 Å². The SMILES string of the molecule is CCC(=O)NC(C(O)C(O)C(O)C=O)C(O)C(O)C(O)CO. The van der Waals surface area contributed by atoms with Gasteiger partial charge in [-0.15, -0.1) is 0 Å². The molecule has 0 aromatic carbocycles. The summed E-state index contributed by atoms with van der Waals surface area (Å²) in [4.78, 5) is 21.8. The minimum Gasteiger partial charge on any atom is -0.394 e. The van der Waals surface area contributed by atoms with Crippen molar-refractivity contribution >= 4 is 12.2 Å². The third-order valence-electron chi connectivity index (χ3n) is 3.16. The molecule has 0 aliphatic rings. The molecule has 22 heavy (non-hydrogen) atoms. The zero-order chi connectivity index (χ0) is 17.4. The molecule has 0 spiro atoms. The molecule has 7 atom stereocenters. The third kappa shape index (κ3) is 5.57. The zero-order valence-corrected chi connectivity index (χ0v) is 12.0. The molecular weight excluding hydrogens is 302 g/mol. The number of aldehydes is 1. The number of nitrogens with one attached hydrogen (secondary N) is 1. The lowest BCUT2D eigenvalue weighted by Gasteiger charge is -2.34. The molecule has 0 rings (SSSR count). The number of carbonyl (C=O) groups is 2. The van der Waals surface area contributed by atoms with Gasteiger partial charge >= 0.3 is 0 Å². The largest absolute Gasteiger partial charge is 0.394 e. The van der Waals surface area contributed by atoms with Crippen LogP contribution in [0.1, 0.15) is 13.3 Å². The van der Waals surface area contributed by atoms with Crippen molar-refractivity contribution in [2.45, 2.75) is 56.0 Å². The fraction of sp³-hybridized carbons (Fsp3) is 0.833. The van der Waals surface area contributed by atoms with E-state index in [4.69, 9.17) is 5.11 Å². The Labute approximate surface area is 126 Å². The minimum atomic E-state index is -2.05.